The van der Waals surface area contributed by atoms with Gasteiger partial charge in [-0.2, -0.15) is 0 Å². The van der Waals surface area contributed by atoms with Gasteiger partial charge in [-0.1, -0.05) is 23.4 Å². The maximum atomic E-state index is 13.5. The lowest BCUT2D eigenvalue weighted by Crippen LogP contribution is -2.49. The van der Waals surface area contributed by atoms with E-state index in [-0.39, 0.29) is 18.1 Å². The van der Waals surface area contributed by atoms with Crippen LogP contribution in [0.5, 0.6) is 0 Å². The van der Waals surface area contributed by atoms with Crippen molar-refractivity contribution < 1.29 is 14.4 Å². The highest BCUT2D eigenvalue weighted by atomic mass is 16.7. The van der Waals surface area contributed by atoms with Crippen molar-refractivity contribution in [3.63, 3.8) is 0 Å². The van der Waals surface area contributed by atoms with Crippen LogP contribution in [-0.4, -0.2) is 54.5 Å². The summed E-state index contributed by atoms with van der Waals surface area (Å²) in [4.78, 5) is 25.3. The Kier molecular flexibility index (Phi) is 5.83. The number of pyridine rings is 1. The third-order valence-corrected chi connectivity index (χ3v) is 5.67. The molecule has 2 aliphatic heterocycles. The van der Waals surface area contributed by atoms with Gasteiger partial charge in [0, 0.05) is 31.0 Å². The number of carbonyl (C=O) groups excluding carboxylic acids is 1. The molecule has 1 aromatic carbocycles. The van der Waals surface area contributed by atoms with Gasteiger partial charge in [0.25, 0.3) is 5.91 Å². The van der Waals surface area contributed by atoms with Crippen molar-refractivity contribution in [3.8, 4) is 0 Å². The Labute approximate surface area is 177 Å². The molecule has 2 aromatic rings. The predicted octanol–water partition coefficient (Wildman–Crippen LogP) is 3.01. The third-order valence-electron chi connectivity index (χ3n) is 5.67. The normalized spacial score (nSPS) is 22.8. The molecule has 158 valence electrons. The topological polar surface area (TPSA) is 76.0 Å². The molecule has 1 N–H and O–H groups in total. The molecule has 1 saturated heterocycles. The first-order chi connectivity index (χ1) is 14.5. The Hall–Kier alpha value is -2.77. The molecule has 0 aliphatic carbocycles. The Morgan fingerprint density at radius 2 is 2.03 bits per heavy atom. The molecule has 2 atom stereocenters. The molecule has 2 aliphatic rings. The van der Waals surface area contributed by atoms with E-state index in [1.807, 2.05) is 61.2 Å². The van der Waals surface area contributed by atoms with Crippen molar-refractivity contribution in [2.45, 2.75) is 44.4 Å². The van der Waals surface area contributed by atoms with E-state index in [1.165, 1.54) is 0 Å². The first-order valence-electron chi connectivity index (χ1n) is 10.4. The fraction of sp³-hybridized carbons (Fsp3) is 0.435. The first-order valence-corrected chi connectivity index (χ1v) is 10.4. The summed E-state index contributed by atoms with van der Waals surface area (Å²) in [7, 11) is 1.65. The van der Waals surface area contributed by atoms with E-state index < -0.39 is 5.60 Å². The van der Waals surface area contributed by atoms with Crippen LogP contribution in [0.15, 0.2) is 53.8 Å². The van der Waals surface area contributed by atoms with Crippen molar-refractivity contribution in [1.29, 1.82) is 0 Å². The van der Waals surface area contributed by atoms with Crippen molar-refractivity contribution in [3.05, 3.63) is 59.8 Å². The van der Waals surface area contributed by atoms with Gasteiger partial charge < -0.3 is 14.9 Å². The number of anilines is 1. The molecule has 3 heterocycles. The molecule has 1 fully saturated rings. The summed E-state index contributed by atoms with van der Waals surface area (Å²) in [6.45, 7) is 5.63. The maximum Gasteiger partial charge on any atom is 0.259 e. The van der Waals surface area contributed by atoms with Gasteiger partial charge in [-0.3, -0.25) is 9.69 Å². The summed E-state index contributed by atoms with van der Waals surface area (Å²) in [6, 6.07) is 13.2. The minimum absolute atomic E-state index is 0.0535. The van der Waals surface area contributed by atoms with Crippen LogP contribution in [0.3, 0.4) is 0 Å². The van der Waals surface area contributed by atoms with Crippen molar-refractivity contribution >= 4 is 17.4 Å². The van der Waals surface area contributed by atoms with Gasteiger partial charge in [0.15, 0.2) is 5.60 Å². The number of aromatic nitrogens is 1. The number of ether oxygens (including phenoxy) is 1. The lowest BCUT2D eigenvalue weighted by molar-refractivity contribution is -0.0614. The molecule has 0 saturated carbocycles. The average molecular weight is 409 g/mol. The highest BCUT2D eigenvalue weighted by Crippen LogP contribution is 2.29. The van der Waals surface area contributed by atoms with Gasteiger partial charge in [-0.05, 0) is 57.5 Å². The zero-order valence-corrected chi connectivity index (χ0v) is 17.7. The number of piperidine rings is 1. The SMILES string of the molecule is COC1C(c2ccc(C(=O)N(c3ccccn3)C3CCCNC3)cc2)=NOC1(C)C. The third kappa shape index (κ3) is 3.95. The van der Waals surface area contributed by atoms with Crippen LogP contribution in [0.1, 0.15) is 42.6 Å². The zero-order chi connectivity index (χ0) is 21.1. The Balaban J connectivity index is 1.60. The van der Waals surface area contributed by atoms with Crippen LogP contribution in [0, 0.1) is 0 Å². The largest absolute Gasteiger partial charge is 0.386 e. The molecule has 7 nitrogen and oxygen atoms in total. The van der Waals surface area contributed by atoms with E-state index in [4.69, 9.17) is 9.57 Å². The standard InChI is InChI=1S/C23H28N4O3/c1-23(2)21(29-3)20(26-30-23)16-9-11-17(12-10-16)22(28)27(18-7-6-13-24-15-18)19-8-4-5-14-25-19/h4-5,8-12,14,18,21,24H,6-7,13,15H2,1-3H3. The summed E-state index contributed by atoms with van der Waals surface area (Å²) in [5, 5.41) is 7.61. The van der Waals surface area contributed by atoms with E-state index in [0.717, 1.165) is 37.2 Å². The van der Waals surface area contributed by atoms with E-state index in [9.17, 15) is 4.79 Å². The minimum atomic E-state index is -0.525. The molecule has 2 unspecified atom stereocenters. The summed E-state index contributed by atoms with van der Waals surface area (Å²) < 4.78 is 5.60. The van der Waals surface area contributed by atoms with Crippen LogP contribution in [0.25, 0.3) is 0 Å². The highest BCUT2D eigenvalue weighted by Gasteiger charge is 2.42. The average Bonchev–Trinajstić information content (AvgIpc) is 3.09. The number of rotatable bonds is 5. The molecule has 4 rings (SSSR count). The van der Waals surface area contributed by atoms with E-state index in [0.29, 0.717) is 11.4 Å². The number of methoxy groups -OCH3 is 1. The number of oxime groups is 1. The lowest BCUT2D eigenvalue weighted by atomic mass is 9.93. The minimum Gasteiger partial charge on any atom is -0.386 e. The summed E-state index contributed by atoms with van der Waals surface area (Å²) in [6.07, 6.45) is 3.44. The molecule has 0 spiro atoms. The van der Waals surface area contributed by atoms with Gasteiger partial charge in [-0.25, -0.2) is 4.98 Å². The van der Waals surface area contributed by atoms with Crippen molar-refractivity contribution in [2.24, 2.45) is 5.16 Å². The predicted molar refractivity (Wildman–Crippen MR) is 116 cm³/mol. The smallest absolute Gasteiger partial charge is 0.259 e. The monoisotopic (exact) mass is 408 g/mol. The quantitative estimate of drug-likeness (QED) is 0.823. The van der Waals surface area contributed by atoms with Gasteiger partial charge in [-0.15, -0.1) is 0 Å². The van der Waals surface area contributed by atoms with Gasteiger partial charge in [0.1, 0.15) is 17.6 Å². The Bertz CT molecular complexity index is 906. The molecule has 1 amide bonds. The van der Waals surface area contributed by atoms with Crippen LogP contribution >= 0.6 is 0 Å². The highest BCUT2D eigenvalue weighted by molar-refractivity contribution is 6.08. The number of hydrogen-bond donors (Lipinski definition) is 1. The van der Waals surface area contributed by atoms with Gasteiger partial charge in [0.2, 0.25) is 0 Å². The second-order valence-corrected chi connectivity index (χ2v) is 8.23. The number of nitrogens with one attached hydrogen (secondary N) is 1. The first kappa shape index (κ1) is 20.5. The number of amides is 1. The van der Waals surface area contributed by atoms with E-state index >= 15 is 0 Å². The second-order valence-electron chi connectivity index (χ2n) is 8.23. The van der Waals surface area contributed by atoms with Crippen molar-refractivity contribution in [2.75, 3.05) is 25.1 Å². The summed E-state index contributed by atoms with van der Waals surface area (Å²) in [5.74, 6) is 0.622. The number of hydrogen-bond acceptors (Lipinski definition) is 6. The number of nitrogens with zero attached hydrogens (tertiary/aromatic N) is 3. The molecule has 7 heteroatoms. The number of benzene rings is 1. The van der Waals surface area contributed by atoms with E-state index in [2.05, 4.69) is 15.5 Å². The molecular weight excluding hydrogens is 380 g/mol. The fourth-order valence-corrected chi connectivity index (χ4v) is 4.12. The lowest BCUT2D eigenvalue weighted by Gasteiger charge is -2.34. The van der Waals surface area contributed by atoms with Crippen LogP contribution in [0.2, 0.25) is 0 Å². The van der Waals surface area contributed by atoms with Crippen LogP contribution in [0.4, 0.5) is 5.82 Å². The van der Waals surface area contributed by atoms with Crippen LogP contribution < -0.4 is 10.2 Å². The van der Waals surface area contributed by atoms with Crippen LogP contribution in [-0.2, 0) is 9.57 Å². The Morgan fingerprint density at radius 1 is 1.23 bits per heavy atom. The molecular formula is C23H28N4O3. The fourth-order valence-electron chi connectivity index (χ4n) is 4.12. The molecule has 0 bridgehead atoms. The Morgan fingerprint density at radius 3 is 2.67 bits per heavy atom. The molecule has 0 radical (unpaired) electrons. The van der Waals surface area contributed by atoms with Crippen molar-refractivity contribution in [1.82, 2.24) is 10.3 Å². The number of carbonyl (C=O) groups is 1. The van der Waals surface area contributed by atoms with Gasteiger partial charge >= 0.3 is 0 Å². The van der Waals surface area contributed by atoms with Gasteiger partial charge in [0.05, 0.1) is 6.04 Å². The molecule has 1 aromatic heterocycles. The second kappa shape index (κ2) is 8.53. The maximum absolute atomic E-state index is 13.5. The summed E-state index contributed by atoms with van der Waals surface area (Å²) in [5.41, 5.74) is 1.71. The summed E-state index contributed by atoms with van der Waals surface area (Å²) >= 11 is 0. The zero-order valence-electron chi connectivity index (χ0n) is 17.7. The molecule has 30 heavy (non-hydrogen) atoms. The van der Waals surface area contributed by atoms with E-state index in [1.54, 1.807) is 13.3 Å².